The van der Waals surface area contributed by atoms with Gasteiger partial charge in [-0.25, -0.2) is 9.97 Å². The van der Waals surface area contributed by atoms with E-state index in [2.05, 4.69) is 49.6 Å². The summed E-state index contributed by atoms with van der Waals surface area (Å²) in [6.45, 7) is 4.69. The molecular formula is C15H26N8. The summed E-state index contributed by atoms with van der Waals surface area (Å²) in [5, 5.41) is 11.8. The zero-order chi connectivity index (χ0) is 16.7. The Hall–Kier alpha value is -2.38. The van der Waals surface area contributed by atoms with Crippen LogP contribution in [0.1, 0.15) is 19.8 Å². The van der Waals surface area contributed by atoms with Crippen molar-refractivity contribution in [1.82, 2.24) is 30.0 Å². The summed E-state index contributed by atoms with van der Waals surface area (Å²) in [4.78, 5) is 15.0. The fourth-order valence-corrected chi connectivity index (χ4v) is 2.34. The second kappa shape index (κ2) is 8.30. The van der Waals surface area contributed by atoms with Gasteiger partial charge in [0, 0.05) is 40.8 Å². The molecule has 2 heterocycles. The van der Waals surface area contributed by atoms with Gasteiger partial charge < -0.3 is 15.5 Å². The Balaban J connectivity index is 1.84. The monoisotopic (exact) mass is 318 g/mol. The van der Waals surface area contributed by atoms with Crippen LogP contribution in [0.5, 0.6) is 0 Å². The van der Waals surface area contributed by atoms with Crippen LogP contribution in [-0.2, 0) is 7.05 Å². The SMILES string of the molecule is CCCCN(C)C(=NC)NCCNc1ncnc2c1cnn2C. The van der Waals surface area contributed by atoms with Crippen LogP contribution < -0.4 is 10.6 Å². The number of nitrogens with zero attached hydrogens (tertiary/aromatic N) is 6. The molecule has 2 rings (SSSR count). The van der Waals surface area contributed by atoms with E-state index in [9.17, 15) is 0 Å². The van der Waals surface area contributed by atoms with Gasteiger partial charge in [0.05, 0.1) is 11.6 Å². The summed E-state index contributed by atoms with van der Waals surface area (Å²) in [5.74, 6) is 1.72. The van der Waals surface area contributed by atoms with Crippen LogP contribution in [0.25, 0.3) is 11.0 Å². The summed E-state index contributed by atoms with van der Waals surface area (Å²) < 4.78 is 1.74. The summed E-state index contributed by atoms with van der Waals surface area (Å²) in [7, 11) is 5.74. The largest absolute Gasteiger partial charge is 0.368 e. The van der Waals surface area contributed by atoms with E-state index < -0.39 is 0 Å². The summed E-state index contributed by atoms with van der Waals surface area (Å²) >= 11 is 0. The molecule has 0 aliphatic carbocycles. The zero-order valence-corrected chi connectivity index (χ0v) is 14.4. The first-order valence-electron chi connectivity index (χ1n) is 7.95. The molecule has 0 spiro atoms. The number of aliphatic imine (C=N–C) groups is 1. The number of guanidine groups is 1. The van der Waals surface area contributed by atoms with Gasteiger partial charge in [-0.3, -0.25) is 9.67 Å². The first-order valence-corrected chi connectivity index (χ1v) is 7.95. The highest BCUT2D eigenvalue weighted by Gasteiger charge is 2.07. The fourth-order valence-electron chi connectivity index (χ4n) is 2.34. The normalized spacial score (nSPS) is 11.7. The fraction of sp³-hybridized carbons (Fsp3) is 0.600. The lowest BCUT2D eigenvalue weighted by Crippen LogP contribution is -2.41. The van der Waals surface area contributed by atoms with Crippen molar-refractivity contribution in [3.8, 4) is 0 Å². The summed E-state index contributed by atoms with van der Waals surface area (Å²) in [6.07, 6.45) is 5.67. The molecule has 0 aliphatic rings. The molecule has 0 radical (unpaired) electrons. The van der Waals surface area contributed by atoms with E-state index in [1.54, 1.807) is 17.2 Å². The molecule has 2 N–H and O–H groups in total. The maximum absolute atomic E-state index is 4.30. The molecule has 0 aliphatic heterocycles. The van der Waals surface area contributed by atoms with E-state index in [-0.39, 0.29) is 0 Å². The summed E-state index contributed by atoms with van der Waals surface area (Å²) in [5.41, 5.74) is 0.825. The number of nitrogens with one attached hydrogen (secondary N) is 2. The first kappa shape index (κ1) is 17.0. The minimum absolute atomic E-state index is 0.738. The van der Waals surface area contributed by atoms with Crippen molar-refractivity contribution < 1.29 is 0 Å². The molecule has 2 aromatic rings. The molecule has 0 atom stereocenters. The van der Waals surface area contributed by atoms with E-state index in [1.165, 1.54) is 6.42 Å². The highest BCUT2D eigenvalue weighted by atomic mass is 15.3. The molecular weight excluding hydrogens is 292 g/mol. The highest BCUT2D eigenvalue weighted by Crippen LogP contribution is 2.16. The van der Waals surface area contributed by atoms with Gasteiger partial charge in [0.1, 0.15) is 12.1 Å². The van der Waals surface area contributed by atoms with Crippen LogP contribution in [0.4, 0.5) is 5.82 Å². The van der Waals surface area contributed by atoms with Gasteiger partial charge >= 0.3 is 0 Å². The molecule has 2 aromatic heterocycles. The lowest BCUT2D eigenvalue weighted by Gasteiger charge is -2.21. The van der Waals surface area contributed by atoms with E-state index in [1.807, 2.05) is 14.1 Å². The molecule has 23 heavy (non-hydrogen) atoms. The standard InChI is InChI=1S/C15H26N8/c1-5-6-9-22(3)15(16-2)18-8-7-17-13-12-10-21-23(4)14(12)20-11-19-13/h10-11H,5-9H2,1-4H3,(H,16,18)(H,17,19,20). The minimum Gasteiger partial charge on any atom is -0.368 e. The molecule has 0 amide bonds. The molecule has 0 aromatic carbocycles. The molecule has 0 saturated heterocycles. The molecule has 0 saturated carbocycles. The Labute approximate surface area is 137 Å². The maximum Gasteiger partial charge on any atom is 0.193 e. The van der Waals surface area contributed by atoms with Gasteiger partial charge in [-0.1, -0.05) is 13.3 Å². The van der Waals surface area contributed by atoms with Crippen LogP contribution in [0, 0.1) is 0 Å². The van der Waals surface area contributed by atoms with Crippen molar-refractivity contribution in [2.45, 2.75) is 19.8 Å². The molecule has 8 heteroatoms. The van der Waals surface area contributed by atoms with Crippen molar-refractivity contribution in [3.05, 3.63) is 12.5 Å². The number of anilines is 1. The Morgan fingerprint density at radius 3 is 2.91 bits per heavy atom. The van der Waals surface area contributed by atoms with Gasteiger partial charge in [-0.2, -0.15) is 5.10 Å². The number of hydrogen-bond acceptors (Lipinski definition) is 5. The Morgan fingerprint density at radius 2 is 2.17 bits per heavy atom. The number of rotatable bonds is 7. The Morgan fingerprint density at radius 1 is 1.35 bits per heavy atom. The molecule has 126 valence electrons. The topological polar surface area (TPSA) is 83.3 Å². The molecule has 0 unspecified atom stereocenters. The van der Waals surface area contributed by atoms with Crippen molar-refractivity contribution in [2.75, 3.05) is 39.0 Å². The van der Waals surface area contributed by atoms with Gasteiger partial charge in [-0.15, -0.1) is 0 Å². The second-order valence-corrected chi connectivity index (χ2v) is 5.40. The van der Waals surface area contributed by atoms with Gasteiger partial charge in [0.15, 0.2) is 11.6 Å². The zero-order valence-electron chi connectivity index (χ0n) is 14.4. The van der Waals surface area contributed by atoms with Gasteiger partial charge in [0.2, 0.25) is 0 Å². The molecule has 8 nitrogen and oxygen atoms in total. The van der Waals surface area contributed by atoms with E-state index in [4.69, 9.17) is 0 Å². The van der Waals surface area contributed by atoms with Gasteiger partial charge in [0.25, 0.3) is 0 Å². The number of hydrogen-bond donors (Lipinski definition) is 2. The molecule has 0 bridgehead atoms. The smallest absolute Gasteiger partial charge is 0.193 e. The predicted octanol–water partition coefficient (Wildman–Crippen LogP) is 1.08. The summed E-state index contributed by atoms with van der Waals surface area (Å²) in [6, 6.07) is 0. The van der Waals surface area contributed by atoms with Crippen molar-refractivity contribution in [2.24, 2.45) is 12.0 Å². The second-order valence-electron chi connectivity index (χ2n) is 5.40. The van der Waals surface area contributed by atoms with Crippen LogP contribution in [0.2, 0.25) is 0 Å². The van der Waals surface area contributed by atoms with Crippen molar-refractivity contribution >= 4 is 22.8 Å². The van der Waals surface area contributed by atoms with E-state index in [0.29, 0.717) is 0 Å². The Kier molecular flexibility index (Phi) is 6.13. The number of unbranched alkanes of at least 4 members (excludes halogenated alkanes) is 1. The van der Waals surface area contributed by atoms with Crippen LogP contribution in [0.3, 0.4) is 0 Å². The third-order valence-electron chi connectivity index (χ3n) is 3.65. The molecule has 0 fully saturated rings. The van der Waals surface area contributed by atoms with Crippen LogP contribution >= 0.6 is 0 Å². The number of aromatic nitrogens is 4. The van der Waals surface area contributed by atoms with E-state index >= 15 is 0 Å². The lowest BCUT2D eigenvalue weighted by atomic mass is 10.3. The van der Waals surface area contributed by atoms with Crippen LogP contribution in [0.15, 0.2) is 17.5 Å². The van der Waals surface area contributed by atoms with Crippen molar-refractivity contribution in [1.29, 1.82) is 0 Å². The maximum atomic E-state index is 4.30. The number of fused-ring (bicyclic) bond motifs is 1. The van der Waals surface area contributed by atoms with E-state index in [0.717, 1.165) is 48.9 Å². The highest BCUT2D eigenvalue weighted by molar-refractivity contribution is 5.86. The Bertz CT molecular complexity index is 648. The van der Waals surface area contributed by atoms with Crippen molar-refractivity contribution in [3.63, 3.8) is 0 Å². The third-order valence-corrected chi connectivity index (χ3v) is 3.65. The average molecular weight is 318 g/mol. The average Bonchev–Trinajstić information content (AvgIpc) is 2.95. The first-order chi connectivity index (χ1) is 11.2. The minimum atomic E-state index is 0.738. The lowest BCUT2D eigenvalue weighted by molar-refractivity contribution is 0.466. The quantitative estimate of drug-likeness (QED) is 0.452. The van der Waals surface area contributed by atoms with Gasteiger partial charge in [-0.05, 0) is 6.42 Å². The number of aryl methyl sites for hydroxylation is 1. The predicted molar refractivity (Wildman–Crippen MR) is 93.7 cm³/mol. The van der Waals surface area contributed by atoms with Crippen LogP contribution in [-0.4, -0.2) is 64.3 Å². The third kappa shape index (κ3) is 4.30.